The van der Waals surface area contributed by atoms with Crippen LogP contribution in [0.5, 0.6) is 0 Å². The first-order valence-electron chi connectivity index (χ1n) is 5.84. The zero-order chi connectivity index (χ0) is 11.9. The van der Waals surface area contributed by atoms with Crippen molar-refractivity contribution in [1.82, 2.24) is 9.97 Å². The molecule has 1 spiro atoms. The maximum Gasteiger partial charge on any atom is 0.376 e. The highest BCUT2D eigenvalue weighted by molar-refractivity contribution is 5.85. The predicted octanol–water partition coefficient (Wildman–Crippen LogP) is 1.56. The molecule has 5 heteroatoms. The van der Waals surface area contributed by atoms with Gasteiger partial charge in [-0.25, -0.2) is 14.8 Å². The lowest BCUT2D eigenvalue weighted by atomic mass is 9.97. The van der Waals surface area contributed by atoms with Gasteiger partial charge in [0.15, 0.2) is 0 Å². The lowest BCUT2D eigenvalue weighted by molar-refractivity contribution is -0.0348. The van der Waals surface area contributed by atoms with Gasteiger partial charge in [0.05, 0.1) is 19.4 Å². The molecule has 0 unspecified atom stereocenters. The standard InChI is InChI=1S/C12H14N2O3/c1-16-11(15)10-13-6-8-7-17-12(9(8)14-10)4-2-3-5-12/h6H,2-5,7H2,1H3. The summed E-state index contributed by atoms with van der Waals surface area (Å²) in [5.41, 5.74) is 1.63. The Hall–Kier alpha value is -1.49. The van der Waals surface area contributed by atoms with Crippen LogP contribution in [0.15, 0.2) is 6.20 Å². The quantitative estimate of drug-likeness (QED) is 0.690. The first-order valence-corrected chi connectivity index (χ1v) is 5.84. The SMILES string of the molecule is COC(=O)c1ncc2c(n1)C1(CCCC1)OC2. The summed E-state index contributed by atoms with van der Waals surface area (Å²) in [5.74, 6) is -0.365. The molecule has 0 aromatic carbocycles. The van der Waals surface area contributed by atoms with Crippen molar-refractivity contribution < 1.29 is 14.3 Å². The molecule has 5 nitrogen and oxygen atoms in total. The monoisotopic (exact) mass is 234 g/mol. The molecule has 1 aliphatic heterocycles. The highest BCUT2D eigenvalue weighted by Gasteiger charge is 2.44. The van der Waals surface area contributed by atoms with Gasteiger partial charge in [0.25, 0.3) is 0 Å². The Morgan fingerprint density at radius 1 is 1.47 bits per heavy atom. The van der Waals surface area contributed by atoms with Gasteiger partial charge < -0.3 is 9.47 Å². The molecule has 1 aliphatic carbocycles. The van der Waals surface area contributed by atoms with Gasteiger partial charge in [0.1, 0.15) is 5.60 Å². The van der Waals surface area contributed by atoms with E-state index >= 15 is 0 Å². The zero-order valence-corrected chi connectivity index (χ0v) is 9.73. The number of carbonyl (C=O) groups excluding carboxylic acids is 1. The van der Waals surface area contributed by atoms with E-state index in [1.807, 2.05) is 0 Å². The molecule has 1 saturated carbocycles. The maximum atomic E-state index is 11.4. The zero-order valence-electron chi connectivity index (χ0n) is 9.73. The van der Waals surface area contributed by atoms with E-state index < -0.39 is 5.97 Å². The number of methoxy groups -OCH3 is 1. The number of hydrogen-bond donors (Lipinski definition) is 0. The molecule has 0 saturated heterocycles. The van der Waals surface area contributed by atoms with Crippen molar-refractivity contribution in [2.24, 2.45) is 0 Å². The first-order chi connectivity index (χ1) is 8.25. The van der Waals surface area contributed by atoms with Gasteiger partial charge in [-0.3, -0.25) is 0 Å². The Balaban J connectivity index is 2.04. The van der Waals surface area contributed by atoms with Gasteiger partial charge in [-0.1, -0.05) is 12.8 Å². The Kier molecular flexibility index (Phi) is 2.36. The summed E-state index contributed by atoms with van der Waals surface area (Å²) in [6, 6.07) is 0. The van der Waals surface area contributed by atoms with Crippen LogP contribution >= 0.6 is 0 Å². The number of aromatic nitrogens is 2. The molecule has 1 fully saturated rings. The number of esters is 1. The smallest absolute Gasteiger partial charge is 0.376 e. The van der Waals surface area contributed by atoms with Crippen molar-refractivity contribution in [2.45, 2.75) is 37.9 Å². The summed E-state index contributed by atoms with van der Waals surface area (Å²) in [6.45, 7) is 0.552. The molecular weight excluding hydrogens is 220 g/mol. The molecule has 3 rings (SSSR count). The van der Waals surface area contributed by atoms with Crippen LogP contribution < -0.4 is 0 Å². The van der Waals surface area contributed by atoms with Crippen molar-refractivity contribution in [3.63, 3.8) is 0 Å². The van der Waals surface area contributed by atoms with E-state index in [1.54, 1.807) is 6.20 Å². The average molecular weight is 234 g/mol. The summed E-state index contributed by atoms with van der Waals surface area (Å²) >= 11 is 0. The second-order valence-corrected chi connectivity index (χ2v) is 4.55. The third-order valence-corrected chi connectivity index (χ3v) is 3.58. The fraction of sp³-hybridized carbons (Fsp3) is 0.583. The van der Waals surface area contributed by atoms with Gasteiger partial charge in [0, 0.05) is 11.8 Å². The van der Waals surface area contributed by atoms with E-state index in [2.05, 4.69) is 14.7 Å². The van der Waals surface area contributed by atoms with Crippen LogP contribution in [0.1, 0.15) is 47.6 Å². The van der Waals surface area contributed by atoms with Gasteiger partial charge in [-0.05, 0) is 12.8 Å². The fourth-order valence-electron chi connectivity index (χ4n) is 2.71. The third-order valence-electron chi connectivity index (χ3n) is 3.58. The maximum absolute atomic E-state index is 11.4. The molecule has 0 N–H and O–H groups in total. The molecule has 0 bridgehead atoms. The number of carbonyl (C=O) groups is 1. The molecule has 1 aromatic heterocycles. The molecule has 0 atom stereocenters. The summed E-state index contributed by atoms with van der Waals surface area (Å²) < 4.78 is 10.5. The van der Waals surface area contributed by atoms with E-state index in [0.717, 1.165) is 36.9 Å². The molecular formula is C12H14N2O3. The van der Waals surface area contributed by atoms with Crippen molar-refractivity contribution in [3.05, 3.63) is 23.3 Å². The normalized spacial score (nSPS) is 20.5. The topological polar surface area (TPSA) is 61.3 Å². The van der Waals surface area contributed by atoms with Crippen molar-refractivity contribution >= 4 is 5.97 Å². The molecule has 0 amide bonds. The minimum atomic E-state index is -0.493. The Morgan fingerprint density at radius 2 is 2.24 bits per heavy atom. The lowest BCUT2D eigenvalue weighted by Gasteiger charge is -2.22. The van der Waals surface area contributed by atoms with Crippen LogP contribution in [0.4, 0.5) is 0 Å². The van der Waals surface area contributed by atoms with Crippen molar-refractivity contribution in [1.29, 1.82) is 0 Å². The van der Waals surface area contributed by atoms with E-state index in [9.17, 15) is 4.79 Å². The minimum Gasteiger partial charge on any atom is -0.463 e. The summed E-state index contributed by atoms with van der Waals surface area (Å²) in [5, 5.41) is 0. The Bertz CT molecular complexity index is 467. The van der Waals surface area contributed by atoms with Crippen molar-refractivity contribution in [3.8, 4) is 0 Å². The number of nitrogens with zero attached hydrogens (tertiary/aromatic N) is 2. The largest absolute Gasteiger partial charge is 0.463 e. The summed E-state index contributed by atoms with van der Waals surface area (Å²) in [7, 11) is 1.33. The second kappa shape index (κ2) is 3.77. The van der Waals surface area contributed by atoms with Crippen LogP contribution in [0, 0.1) is 0 Å². The average Bonchev–Trinajstić information content (AvgIpc) is 2.98. The van der Waals surface area contributed by atoms with Crippen LogP contribution in [0.3, 0.4) is 0 Å². The fourth-order valence-corrected chi connectivity index (χ4v) is 2.71. The summed E-state index contributed by atoms with van der Waals surface area (Å²) in [6.07, 6.45) is 5.95. The van der Waals surface area contributed by atoms with Gasteiger partial charge >= 0.3 is 5.97 Å². The predicted molar refractivity (Wildman–Crippen MR) is 58.3 cm³/mol. The van der Waals surface area contributed by atoms with Gasteiger partial charge in [0.2, 0.25) is 5.82 Å². The van der Waals surface area contributed by atoms with Crippen LogP contribution in [0.25, 0.3) is 0 Å². The van der Waals surface area contributed by atoms with Crippen LogP contribution in [0.2, 0.25) is 0 Å². The number of ether oxygens (including phenoxy) is 2. The van der Waals surface area contributed by atoms with E-state index in [0.29, 0.717) is 6.61 Å². The highest BCUT2D eigenvalue weighted by atomic mass is 16.5. The Labute approximate surface area is 99.2 Å². The Morgan fingerprint density at radius 3 is 2.94 bits per heavy atom. The minimum absolute atomic E-state index is 0.128. The third kappa shape index (κ3) is 1.53. The van der Waals surface area contributed by atoms with Crippen LogP contribution in [-0.4, -0.2) is 23.0 Å². The number of rotatable bonds is 1. The van der Waals surface area contributed by atoms with Crippen molar-refractivity contribution in [2.75, 3.05) is 7.11 Å². The molecule has 1 aromatic rings. The molecule has 90 valence electrons. The number of fused-ring (bicyclic) bond motifs is 2. The number of hydrogen-bond acceptors (Lipinski definition) is 5. The van der Waals surface area contributed by atoms with Gasteiger partial charge in [-0.2, -0.15) is 0 Å². The molecule has 0 radical (unpaired) electrons. The lowest BCUT2D eigenvalue weighted by Crippen LogP contribution is -2.23. The van der Waals surface area contributed by atoms with Gasteiger partial charge in [-0.15, -0.1) is 0 Å². The molecule has 2 aliphatic rings. The van der Waals surface area contributed by atoms with E-state index in [4.69, 9.17) is 4.74 Å². The van der Waals surface area contributed by atoms with Crippen LogP contribution in [-0.2, 0) is 21.7 Å². The van der Waals surface area contributed by atoms with E-state index in [1.165, 1.54) is 7.11 Å². The molecule has 17 heavy (non-hydrogen) atoms. The highest BCUT2D eigenvalue weighted by Crippen LogP contribution is 2.46. The summed E-state index contributed by atoms with van der Waals surface area (Å²) in [4.78, 5) is 19.8. The first kappa shape index (κ1) is 10.7. The molecule has 2 heterocycles. The van der Waals surface area contributed by atoms with E-state index in [-0.39, 0.29) is 11.4 Å². The second-order valence-electron chi connectivity index (χ2n) is 4.55.